The summed E-state index contributed by atoms with van der Waals surface area (Å²) in [6.45, 7) is 1.43. The van der Waals surface area contributed by atoms with Crippen LogP contribution in [0, 0.1) is 5.82 Å². The zero-order chi connectivity index (χ0) is 17.4. The summed E-state index contributed by atoms with van der Waals surface area (Å²) in [5, 5.41) is 5.60. The van der Waals surface area contributed by atoms with E-state index in [1.54, 1.807) is 19.2 Å². The van der Waals surface area contributed by atoms with Gasteiger partial charge >= 0.3 is 0 Å². The minimum Gasteiger partial charge on any atom is -0.367 e. The van der Waals surface area contributed by atoms with Gasteiger partial charge in [0, 0.05) is 39.0 Å². The lowest BCUT2D eigenvalue weighted by Gasteiger charge is -2.35. The quantitative estimate of drug-likeness (QED) is 0.751. The number of nitrogens with zero attached hydrogens (tertiary/aromatic N) is 1. The fraction of sp³-hybridized carbons (Fsp3) is 0.556. The van der Waals surface area contributed by atoms with Crippen LogP contribution in [0.5, 0.6) is 0 Å². The Hall–Kier alpha value is -2.11. The molecule has 1 aliphatic heterocycles. The highest BCUT2D eigenvalue weighted by Crippen LogP contribution is 2.22. The lowest BCUT2D eigenvalue weighted by molar-refractivity contribution is -0.123. The van der Waals surface area contributed by atoms with Gasteiger partial charge in [0.1, 0.15) is 5.82 Å². The number of hydrogen-bond acceptors (Lipinski definition) is 3. The van der Waals surface area contributed by atoms with Crippen molar-refractivity contribution in [1.29, 1.82) is 0 Å². The number of carbonyl (C=O) groups is 2. The minimum atomic E-state index is -0.223. The molecule has 24 heavy (non-hydrogen) atoms. The third-order valence-corrected chi connectivity index (χ3v) is 4.32. The van der Waals surface area contributed by atoms with Crippen LogP contribution in [0.15, 0.2) is 24.3 Å². The number of nitrogens with one attached hydrogen (secondary N) is 2. The molecule has 1 aromatic carbocycles. The van der Waals surface area contributed by atoms with Crippen LogP contribution < -0.4 is 15.5 Å². The van der Waals surface area contributed by atoms with E-state index in [1.807, 2.05) is 11.0 Å². The molecular weight excluding hydrogens is 309 g/mol. The van der Waals surface area contributed by atoms with Gasteiger partial charge in [-0.25, -0.2) is 4.39 Å². The second-order valence-corrected chi connectivity index (χ2v) is 6.18. The average Bonchev–Trinajstić information content (AvgIpc) is 2.59. The van der Waals surface area contributed by atoms with Crippen LogP contribution in [-0.4, -0.2) is 38.0 Å². The van der Waals surface area contributed by atoms with Crippen LogP contribution in [0.3, 0.4) is 0 Å². The van der Waals surface area contributed by atoms with E-state index < -0.39 is 0 Å². The molecular formula is C18H26FN3O2. The first-order valence-electron chi connectivity index (χ1n) is 8.59. The van der Waals surface area contributed by atoms with Crippen molar-refractivity contribution in [1.82, 2.24) is 10.6 Å². The van der Waals surface area contributed by atoms with E-state index in [1.165, 1.54) is 6.07 Å². The van der Waals surface area contributed by atoms with Crippen molar-refractivity contribution < 1.29 is 14.0 Å². The Balaban J connectivity index is 1.75. The maximum atomic E-state index is 13.9. The van der Waals surface area contributed by atoms with Gasteiger partial charge in [-0.2, -0.15) is 0 Å². The Morgan fingerprint density at radius 3 is 2.62 bits per heavy atom. The van der Waals surface area contributed by atoms with Gasteiger partial charge in [-0.3, -0.25) is 9.59 Å². The number of benzene rings is 1. The summed E-state index contributed by atoms with van der Waals surface area (Å²) < 4.78 is 13.9. The highest BCUT2D eigenvalue weighted by molar-refractivity contribution is 5.77. The zero-order valence-electron chi connectivity index (χ0n) is 14.2. The van der Waals surface area contributed by atoms with Gasteiger partial charge in [-0.1, -0.05) is 12.1 Å². The number of amides is 2. The monoisotopic (exact) mass is 335 g/mol. The van der Waals surface area contributed by atoms with E-state index in [0.717, 1.165) is 19.4 Å². The lowest BCUT2D eigenvalue weighted by Crippen LogP contribution is -2.48. The van der Waals surface area contributed by atoms with E-state index in [-0.39, 0.29) is 23.7 Å². The van der Waals surface area contributed by atoms with Crippen LogP contribution in [0.25, 0.3) is 0 Å². The highest BCUT2D eigenvalue weighted by atomic mass is 19.1. The Kier molecular flexibility index (Phi) is 7.03. The third-order valence-electron chi connectivity index (χ3n) is 4.32. The number of unbranched alkanes of at least 4 members (excludes halogenated alkanes) is 1. The van der Waals surface area contributed by atoms with Crippen molar-refractivity contribution in [3.63, 3.8) is 0 Å². The van der Waals surface area contributed by atoms with Gasteiger partial charge in [0.25, 0.3) is 0 Å². The van der Waals surface area contributed by atoms with Crippen molar-refractivity contribution in [3.8, 4) is 0 Å². The molecule has 0 radical (unpaired) electrons. The van der Waals surface area contributed by atoms with E-state index >= 15 is 0 Å². The summed E-state index contributed by atoms with van der Waals surface area (Å²) in [6.07, 6.45) is 4.12. The van der Waals surface area contributed by atoms with E-state index in [9.17, 15) is 14.0 Å². The molecule has 1 saturated heterocycles. The highest BCUT2D eigenvalue weighted by Gasteiger charge is 2.22. The molecule has 2 amide bonds. The maximum Gasteiger partial charge on any atom is 0.220 e. The molecule has 1 heterocycles. The third kappa shape index (κ3) is 5.51. The predicted molar refractivity (Wildman–Crippen MR) is 92.3 cm³/mol. The van der Waals surface area contributed by atoms with Crippen molar-refractivity contribution in [2.24, 2.45) is 0 Å². The molecule has 1 unspecified atom stereocenters. The molecule has 2 rings (SSSR count). The number of carbonyl (C=O) groups excluding carboxylic acids is 2. The maximum absolute atomic E-state index is 13.9. The average molecular weight is 335 g/mol. The van der Waals surface area contributed by atoms with Crippen LogP contribution in [0.4, 0.5) is 10.1 Å². The van der Waals surface area contributed by atoms with Gasteiger partial charge in [0.05, 0.1) is 5.69 Å². The molecule has 1 atom stereocenters. The topological polar surface area (TPSA) is 61.4 Å². The van der Waals surface area contributed by atoms with Gasteiger partial charge in [-0.05, 0) is 37.8 Å². The first-order valence-corrected chi connectivity index (χ1v) is 8.59. The summed E-state index contributed by atoms with van der Waals surface area (Å²) in [7, 11) is 1.61. The number of hydrogen-bond donors (Lipinski definition) is 2. The number of anilines is 1. The van der Waals surface area contributed by atoms with E-state index in [4.69, 9.17) is 0 Å². The molecule has 0 aliphatic carbocycles. The molecule has 132 valence electrons. The number of para-hydroxylation sites is 1. The number of piperidine rings is 1. The Labute approximate surface area is 142 Å². The Bertz CT molecular complexity index is 565. The minimum absolute atomic E-state index is 0.00298. The molecule has 0 saturated carbocycles. The fourth-order valence-corrected chi connectivity index (χ4v) is 3.02. The largest absolute Gasteiger partial charge is 0.367 e. The van der Waals surface area contributed by atoms with Crippen molar-refractivity contribution in [2.45, 2.75) is 44.6 Å². The normalized spacial score (nSPS) is 17.4. The number of rotatable bonds is 7. The summed E-state index contributed by atoms with van der Waals surface area (Å²) in [5.74, 6) is -0.214. The fourth-order valence-electron chi connectivity index (χ4n) is 3.02. The molecule has 6 heteroatoms. The van der Waals surface area contributed by atoms with Crippen LogP contribution in [-0.2, 0) is 9.59 Å². The van der Waals surface area contributed by atoms with E-state index in [2.05, 4.69) is 10.6 Å². The molecule has 5 nitrogen and oxygen atoms in total. The van der Waals surface area contributed by atoms with Gasteiger partial charge in [-0.15, -0.1) is 0 Å². The van der Waals surface area contributed by atoms with Crippen LogP contribution in [0.2, 0.25) is 0 Å². The molecule has 2 N–H and O–H groups in total. The van der Waals surface area contributed by atoms with Gasteiger partial charge in [0.15, 0.2) is 0 Å². The molecule has 0 spiro atoms. The summed E-state index contributed by atoms with van der Waals surface area (Å²) >= 11 is 0. The second kappa shape index (κ2) is 9.25. The first kappa shape index (κ1) is 18.2. The summed E-state index contributed by atoms with van der Waals surface area (Å²) in [5.41, 5.74) is 0.599. The summed E-state index contributed by atoms with van der Waals surface area (Å²) in [6, 6.07) is 6.79. The smallest absolute Gasteiger partial charge is 0.220 e. The van der Waals surface area contributed by atoms with Crippen molar-refractivity contribution in [2.75, 3.05) is 25.0 Å². The Morgan fingerprint density at radius 2 is 1.92 bits per heavy atom. The standard InChI is InChI=1S/C18H26FN3O2/c1-20-17(23)10-4-5-11-18(24)21-14-7-6-12-22(13-14)16-9-3-2-8-15(16)19/h2-3,8-9,14H,4-7,10-13H2,1H3,(H,20,23)(H,21,24). The molecule has 1 aliphatic rings. The SMILES string of the molecule is CNC(=O)CCCCC(=O)NC1CCCN(c2ccccc2F)C1. The zero-order valence-corrected chi connectivity index (χ0v) is 14.2. The molecule has 1 aromatic rings. The molecule has 1 fully saturated rings. The first-order chi connectivity index (χ1) is 11.6. The molecule has 0 aromatic heterocycles. The van der Waals surface area contributed by atoms with E-state index in [0.29, 0.717) is 37.9 Å². The summed E-state index contributed by atoms with van der Waals surface area (Å²) in [4.78, 5) is 25.2. The Morgan fingerprint density at radius 1 is 1.21 bits per heavy atom. The lowest BCUT2D eigenvalue weighted by atomic mass is 10.0. The second-order valence-electron chi connectivity index (χ2n) is 6.18. The van der Waals surface area contributed by atoms with Crippen molar-refractivity contribution >= 4 is 17.5 Å². The predicted octanol–water partition coefficient (Wildman–Crippen LogP) is 2.22. The van der Waals surface area contributed by atoms with Crippen LogP contribution >= 0.6 is 0 Å². The van der Waals surface area contributed by atoms with Gasteiger partial charge < -0.3 is 15.5 Å². The van der Waals surface area contributed by atoms with Gasteiger partial charge in [0.2, 0.25) is 11.8 Å². The van der Waals surface area contributed by atoms with Crippen LogP contribution in [0.1, 0.15) is 38.5 Å². The molecule has 0 bridgehead atoms. The number of halogens is 1. The van der Waals surface area contributed by atoms with Crippen molar-refractivity contribution in [3.05, 3.63) is 30.1 Å².